The third kappa shape index (κ3) is 3.42. The third-order valence-electron chi connectivity index (χ3n) is 2.81. The van der Waals surface area contributed by atoms with Crippen molar-refractivity contribution in [1.82, 2.24) is 4.90 Å². The predicted octanol–water partition coefficient (Wildman–Crippen LogP) is -0.746. The minimum Gasteiger partial charge on any atom is -0.481 e. The van der Waals surface area contributed by atoms with Crippen LogP contribution in [0.2, 0.25) is 0 Å². The topological polar surface area (TPSA) is 121 Å². The fourth-order valence-electron chi connectivity index (χ4n) is 1.90. The Morgan fingerprint density at radius 1 is 1.35 bits per heavy atom. The molecule has 7 heteroatoms. The average molecular weight is 244 g/mol. The summed E-state index contributed by atoms with van der Waals surface area (Å²) in [6, 6.07) is -1.76. The van der Waals surface area contributed by atoms with Gasteiger partial charge in [0.05, 0.1) is 6.04 Å². The molecule has 0 aliphatic carbocycles. The Morgan fingerprint density at radius 2 is 2.00 bits per heavy atom. The fraction of sp³-hybridized carbons (Fsp3) is 0.700. The zero-order valence-corrected chi connectivity index (χ0v) is 9.33. The van der Waals surface area contributed by atoms with E-state index < -0.39 is 29.9 Å². The van der Waals surface area contributed by atoms with Crippen molar-refractivity contribution >= 4 is 17.8 Å². The van der Waals surface area contributed by atoms with Crippen LogP contribution >= 0.6 is 0 Å². The summed E-state index contributed by atoms with van der Waals surface area (Å²) in [5, 5.41) is 17.4. The number of likely N-dealkylation sites (tertiary alicyclic amines) is 1. The Kier molecular flexibility index (Phi) is 4.45. The first-order chi connectivity index (χ1) is 7.93. The molecule has 0 aromatic carbocycles. The number of amides is 1. The second kappa shape index (κ2) is 5.62. The number of carboxylic acids is 2. The van der Waals surface area contributed by atoms with Gasteiger partial charge in [0.25, 0.3) is 0 Å². The van der Waals surface area contributed by atoms with Crippen molar-refractivity contribution in [3.63, 3.8) is 0 Å². The van der Waals surface area contributed by atoms with Crippen molar-refractivity contribution < 1.29 is 24.6 Å². The Bertz CT molecular complexity index is 331. The molecule has 7 nitrogen and oxygen atoms in total. The maximum absolute atomic E-state index is 11.8. The Labute approximate surface area is 98.2 Å². The number of nitrogens with zero attached hydrogens (tertiary/aromatic N) is 1. The molecule has 1 unspecified atom stereocenters. The zero-order valence-electron chi connectivity index (χ0n) is 9.33. The van der Waals surface area contributed by atoms with E-state index in [0.29, 0.717) is 19.4 Å². The third-order valence-corrected chi connectivity index (χ3v) is 2.81. The van der Waals surface area contributed by atoms with Crippen molar-refractivity contribution in [1.29, 1.82) is 0 Å². The van der Waals surface area contributed by atoms with Crippen LogP contribution < -0.4 is 5.73 Å². The minimum atomic E-state index is -1.04. The molecule has 1 rings (SSSR count). The molecule has 0 aromatic rings. The van der Waals surface area contributed by atoms with Crippen molar-refractivity contribution in [3.8, 4) is 0 Å². The number of carbonyl (C=O) groups excluding carboxylic acids is 1. The van der Waals surface area contributed by atoms with E-state index in [1.165, 1.54) is 4.90 Å². The Morgan fingerprint density at radius 3 is 2.53 bits per heavy atom. The summed E-state index contributed by atoms with van der Waals surface area (Å²) in [6.45, 7) is 0.372. The number of hydrogen-bond acceptors (Lipinski definition) is 4. The molecule has 4 N–H and O–H groups in total. The first kappa shape index (κ1) is 13.4. The first-order valence-electron chi connectivity index (χ1n) is 5.44. The van der Waals surface area contributed by atoms with Gasteiger partial charge in [-0.2, -0.15) is 0 Å². The van der Waals surface area contributed by atoms with Crippen molar-refractivity contribution in [2.45, 2.75) is 37.8 Å². The van der Waals surface area contributed by atoms with Crippen LogP contribution in [-0.2, 0) is 14.4 Å². The molecule has 1 saturated heterocycles. The van der Waals surface area contributed by atoms with Gasteiger partial charge in [0.1, 0.15) is 6.04 Å². The zero-order chi connectivity index (χ0) is 13.0. The predicted molar refractivity (Wildman–Crippen MR) is 57.2 cm³/mol. The lowest BCUT2D eigenvalue weighted by Gasteiger charge is -2.24. The summed E-state index contributed by atoms with van der Waals surface area (Å²) in [5.41, 5.74) is 5.56. The highest BCUT2D eigenvalue weighted by atomic mass is 16.4. The number of nitrogens with two attached hydrogens (primary N) is 1. The highest BCUT2D eigenvalue weighted by molar-refractivity contribution is 5.87. The molecular formula is C10H16N2O5. The number of aliphatic carboxylic acids is 2. The van der Waals surface area contributed by atoms with Gasteiger partial charge in [-0.15, -0.1) is 0 Å². The quantitative estimate of drug-likeness (QED) is 0.585. The first-order valence-corrected chi connectivity index (χ1v) is 5.44. The highest BCUT2D eigenvalue weighted by Crippen LogP contribution is 2.18. The SMILES string of the molecule is NC(CCC(=O)O)C(=O)N1CCC[C@@H]1C(=O)O. The molecule has 0 aromatic heterocycles. The molecule has 1 amide bonds. The molecule has 17 heavy (non-hydrogen) atoms. The molecule has 0 radical (unpaired) electrons. The highest BCUT2D eigenvalue weighted by Gasteiger charge is 2.35. The van der Waals surface area contributed by atoms with Gasteiger partial charge in [-0.25, -0.2) is 4.79 Å². The lowest BCUT2D eigenvalue weighted by molar-refractivity contribution is -0.149. The van der Waals surface area contributed by atoms with Gasteiger partial charge in [-0.05, 0) is 19.3 Å². The molecule has 1 heterocycles. The van der Waals surface area contributed by atoms with E-state index in [-0.39, 0.29) is 12.8 Å². The molecule has 1 aliphatic rings. The van der Waals surface area contributed by atoms with Gasteiger partial charge in [0, 0.05) is 13.0 Å². The van der Waals surface area contributed by atoms with E-state index in [1.54, 1.807) is 0 Å². The molecule has 0 saturated carbocycles. The molecular weight excluding hydrogens is 228 g/mol. The summed E-state index contributed by atoms with van der Waals surface area (Å²) in [6.07, 6.45) is 0.885. The van der Waals surface area contributed by atoms with Crippen LogP contribution in [0.5, 0.6) is 0 Å². The summed E-state index contributed by atoms with van der Waals surface area (Å²) < 4.78 is 0. The van der Waals surface area contributed by atoms with E-state index in [0.717, 1.165) is 0 Å². The van der Waals surface area contributed by atoms with Crippen LogP contribution in [0.15, 0.2) is 0 Å². The Hall–Kier alpha value is -1.63. The summed E-state index contributed by atoms with van der Waals surface area (Å²) in [7, 11) is 0. The Balaban J connectivity index is 2.56. The van der Waals surface area contributed by atoms with Crippen LogP contribution in [0.3, 0.4) is 0 Å². The molecule has 0 spiro atoms. The summed E-state index contributed by atoms with van der Waals surface area (Å²) in [4.78, 5) is 34.3. The van der Waals surface area contributed by atoms with Gasteiger partial charge < -0.3 is 20.8 Å². The summed E-state index contributed by atoms with van der Waals surface area (Å²) >= 11 is 0. The molecule has 1 fully saturated rings. The van der Waals surface area contributed by atoms with Crippen LogP contribution in [0, 0.1) is 0 Å². The van der Waals surface area contributed by atoms with E-state index in [4.69, 9.17) is 15.9 Å². The normalized spacial score (nSPS) is 21.2. The minimum absolute atomic E-state index is 0.0248. The van der Waals surface area contributed by atoms with E-state index in [9.17, 15) is 14.4 Å². The van der Waals surface area contributed by atoms with E-state index in [1.807, 2.05) is 0 Å². The summed E-state index contributed by atoms with van der Waals surface area (Å²) in [5.74, 6) is -2.54. The van der Waals surface area contributed by atoms with Crippen LogP contribution in [0.4, 0.5) is 0 Å². The van der Waals surface area contributed by atoms with Gasteiger partial charge in [-0.3, -0.25) is 9.59 Å². The number of carboxylic acid groups (broad SMARTS) is 2. The number of hydrogen-bond donors (Lipinski definition) is 3. The van der Waals surface area contributed by atoms with Crippen LogP contribution in [0.25, 0.3) is 0 Å². The molecule has 2 atom stereocenters. The van der Waals surface area contributed by atoms with Crippen LogP contribution in [0.1, 0.15) is 25.7 Å². The molecule has 0 bridgehead atoms. The molecule has 96 valence electrons. The van der Waals surface area contributed by atoms with E-state index in [2.05, 4.69) is 0 Å². The van der Waals surface area contributed by atoms with Crippen molar-refractivity contribution in [2.75, 3.05) is 6.54 Å². The van der Waals surface area contributed by atoms with Gasteiger partial charge >= 0.3 is 11.9 Å². The molecule has 1 aliphatic heterocycles. The monoisotopic (exact) mass is 244 g/mol. The number of carbonyl (C=O) groups is 3. The van der Waals surface area contributed by atoms with Crippen LogP contribution in [-0.4, -0.2) is 51.6 Å². The van der Waals surface area contributed by atoms with Gasteiger partial charge in [0.2, 0.25) is 5.91 Å². The second-order valence-electron chi connectivity index (χ2n) is 4.07. The van der Waals surface area contributed by atoms with Crippen molar-refractivity contribution in [2.24, 2.45) is 5.73 Å². The smallest absolute Gasteiger partial charge is 0.326 e. The lowest BCUT2D eigenvalue weighted by Crippen LogP contribution is -2.48. The largest absolute Gasteiger partial charge is 0.481 e. The fourth-order valence-corrected chi connectivity index (χ4v) is 1.90. The maximum atomic E-state index is 11.8. The lowest BCUT2D eigenvalue weighted by atomic mass is 10.1. The van der Waals surface area contributed by atoms with E-state index >= 15 is 0 Å². The maximum Gasteiger partial charge on any atom is 0.326 e. The van der Waals surface area contributed by atoms with Gasteiger partial charge in [-0.1, -0.05) is 0 Å². The average Bonchev–Trinajstić information content (AvgIpc) is 2.73. The standard InChI is InChI=1S/C10H16N2O5/c11-6(3-4-8(13)14)9(15)12-5-1-2-7(12)10(16)17/h6-7H,1-5,11H2,(H,13,14)(H,16,17)/t6?,7-/m1/s1. The second-order valence-corrected chi connectivity index (χ2v) is 4.07. The van der Waals surface area contributed by atoms with Crippen molar-refractivity contribution in [3.05, 3.63) is 0 Å². The number of rotatable bonds is 5. The van der Waals surface area contributed by atoms with Gasteiger partial charge in [0.15, 0.2) is 0 Å².